The summed E-state index contributed by atoms with van der Waals surface area (Å²) in [7, 11) is 4.32. The number of aryl methyl sites for hydroxylation is 1. The van der Waals surface area contributed by atoms with Crippen LogP contribution in [0, 0.1) is 5.92 Å². The topological polar surface area (TPSA) is 35.5 Å². The molecule has 0 amide bonds. The second-order valence-corrected chi connectivity index (χ2v) is 10.6. The van der Waals surface area contributed by atoms with Gasteiger partial charge in [-0.2, -0.15) is 0 Å². The van der Waals surface area contributed by atoms with Gasteiger partial charge in [0, 0.05) is 5.56 Å². The Labute approximate surface area is 214 Å². The number of nitrogens with zero attached hydrogens (tertiary/aromatic N) is 1. The van der Waals surface area contributed by atoms with Crippen molar-refractivity contribution in [3.63, 3.8) is 0 Å². The van der Waals surface area contributed by atoms with Crippen LogP contribution >= 0.6 is 0 Å². The average Bonchev–Trinajstić information content (AvgIpc) is 2.84. The summed E-state index contributed by atoms with van der Waals surface area (Å²) in [5.74, 6) is 0.542. The predicted molar refractivity (Wildman–Crippen MR) is 145 cm³/mol. The zero-order chi connectivity index (χ0) is 25.5. The van der Waals surface area contributed by atoms with Crippen LogP contribution in [-0.2, 0) is 22.5 Å². The lowest BCUT2D eigenvalue weighted by molar-refractivity contribution is -0.905. The van der Waals surface area contributed by atoms with Crippen LogP contribution in [0.15, 0.2) is 54.6 Å². The van der Waals surface area contributed by atoms with Crippen LogP contribution in [0.25, 0.3) is 0 Å². The molecule has 0 aromatic heterocycles. The molecule has 35 heavy (non-hydrogen) atoms. The van der Waals surface area contributed by atoms with E-state index < -0.39 is 0 Å². The van der Waals surface area contributed by atoms with E-state index in [1.54, 1.807) is 0 Å². The minimum atomic E-state index is -0.174. The van der Waals surface area contributed by atoms with Crippen LogP contribution in [0.4, 0.5) is 0 Å². The van der Waals surface area contributed by atoms with Crippen molar-refractivity contribution in [1.82, 2.24) is 0 Å². The van der Waals surface area contributed by atoms with E-state index in [0.29, 0.717) is 0 Å². The van der Waals surface area contributed by atoms with Crippen molar-refractivity contribution < 1.29 is 18.8 Å². The van der Waals surface area contributed by atoms with Gasteiger partial charge < -0.3 is 14.0 Å². The molecule has 0 saturated heterocycles. The molecule has 2 atom stereocenters. The van der Waals surface area contributed by atoms with E-state index in [1.165, 1.54) is 49.7 Å². The summed E-state index contributed by atoms with van der Waals surface area (Å²) in [6, 6.07) is 18.8. The van der Waals surface area contributed by atoms with Crippen LogP contribution < -0.4 is 4.74 Å². The number of ether oxygens (including phenoxy) is 2. The number of rotatable bonds is 17. The third kappa shape index (κ3) is 11.8. The Bertz CT molecular complexity index is 849. The lowest BCUT2D eigenvalue weighted by Crippen LogP contribution is -2.44. The molecule has 2 aromatic rings. The highest BCUT2D eigenvalue weighted by molar-refractivity contribution is 5.72. The first kappa shape index (κ1) is 28.9. The van der Waals surface area contributed by atoms with E-state index >= 15 is 0 Å². The van der Waals surface area contributed by atoms with Gasteiger partial charge in [-0.1, -0.05) is 88.4 Å². The van der Waals surface area contributed by atoms with Gasteiger partial charge in [-0.15, -0.1) is 0 Å². The molecule has 194 valence electrons. The number of carbonyl (C=O) groups excluding carboxylic acids is 1. The summed E-state index contributed by atoms with van der Waals surface area (Å²) in [4.78, 5) is 12.7. The Hall–Kier alpha value is -2.33. The van der Waals surface area contributed by atoms with Crippen molar-refractivity contribution in [3.05, 3.63) is 65.7 Å². The van der Waals surface area contributed by atoms with Crippen molar-refractivity contribution in [2.24, 2.45) is 5.92 Å². The van der Waals surface area contributed by atoms with Gasteiger partial charge in [0.1, 0.15) is 30.9 Å². The summed E-state index contributed by atoms with van der Waals surface area (Å²) < 4.78 is 12.6. The monoisotopic (exact) mass is 482 g/mol. The number of hydrogen-bond donors (Lipinski definition) is 0. The standard InChI is InChI=1S/C31H48NO3/c1-6-8-9-10-11-13-17-27-20-16-21-30(22-27)35-29(7-2)25-34-31(33)26(3)23-32(4,5)24-28-18-14-12-15-19-28/h12,14-16,18-22,26,29H,6-11,13,17,23-25H2,1-5H3/q+1. The molecule has 0 saturated carbocycles. The molecule has 2 rings (SSSR count). The van der Waals surface area contributed by atoms with Crippen LogP contribution in [0.1, 0.15) is 76.8 Å². The molecule has 0 bridgehead atoms. The van der Waals surface area contributed by atoms with Gasteiger partial charge in [-0.25, -0.2) is 0 Å². The molecule has 0 aliphatic heterocycles. The van der Waals surface area contributed by atoms with Crippen LogP contribution in [0.3, 0.4) is 0 Å². The molecule has 0 fully saturated rings. The van der Waals surface area contributed by atoms with Crippen molar-refractivity contribution in [2.75, 3.05) is 27.2 Å². The average molecular weight is 483 g/mol. The maximum Gasteiger partial charge on any atom is 0.314 e. The van der Waals surface area contributed by atoms with Gasteiger partial charge in [-0.05, 0) is 43.9 Å². The summed E-state index contributed by atoms with van der Waals surface area (Å²) in [6.45, 7) is 8.18. The highest BCUT2D eigenvalue weighted by Crippen LogP contribution is 2.19. The van der Waals surface area contributed by atoms with Crippen LogP contribution in [0.5, 0.6) is 5.75 Å². The second-order valence-electron chi connectivity index (χ2n) is 10.6. The molecule has 4 heteroatoms. The number of unbranched alkanes of at least 4 members (excludes halogenated alkanes) is 5. The maximum absolute atomic E-state index is 12.7. The van der Waals surface area contributed by atoms with E-state index in [4.69, 9.17) is 9.47 Å². The Morgan fingerprint density at radius 1 is 0.886 bits per heavy atom. The molecule has 0 aliphatic rings. The second kappa shape index (κ2) is 15.6. The van der Waals surface area contributed by atoms with Gasteiger partial charge in [0.25, 0.3) is 0 Å². The van der Waals surface area contributed by atoms with Gasteiger partial charge in [0.05, 0.1) is 20.6 Å². The molecular weight excluding hydrogens is 434 g/mol. The summed E-state index contributed by atoms with van der Waals surface area (Å²) in [5, 5.41) is 0. The third-order valence-electron chi connectivity index (χ3n) is 6.51. The summed E-state index contributed by atoms with van der Waals surface area (Å²) >= 11 is 0. The number of esters is 1. The molecule has 0 N–H and O–H groups in total. The van der Waals surface area contributed by atoms with Crippen molar-refractivity contribution >= 4 is 5.97 Å². The molecule has 0 aliphatic carbocycles. The highest BCUT2D eigenvalue weighted by atomic mass is 16.6. The van der Waals surface area contributed by atoms with Gasteiger partial charge in [0.15, 0.2) is 0 Å². The Balaban J connectivity index is 1.77. The predicted octanol–water partition coefficient (Wildman–Crippen LogP) is 7.20. The first-order chi connectivity index (χ1) is 16.8. The number of hydrogen-bond acceptors (Lipinski definition) is 3. The first-order valence-corrected chi connectivity index (χ1v) is 13.6. The maximum atomic E-state index is 12.7. The van der Waals surface area contributed by atoms with Gasteiger partial charge >= 0.3 is 5.97 Å². The van der Waals surface area contributed by atoms with Crippen molar-refractivity contribution in [3.8, 4) is 5.75 Å². The zero-order valence-electron chi connectivity index (χ0n) is 22.8. The molecule has 4 nitrogen and oxygen atoms in total. The van der Waals surface area contributed by atoms with E-state index in [-0.39, 0.29) is 24.6 Å². The molecule has 0 spiro atoms. The van der Waals surface area contributed by atoms with Gasteiger partial charge in [-0.3, -0.25) is 4.79 Å². The van der Waals surface area contributed by atoms with Gasteiger partial charge in [0.2, 0.25) is 0 Å². The van der Waals surface area contributed by atoms with E-state index in [0.717, 1.165) is 36.2 Å². The molecule has 0 heterocycles. The molecular formula is C31H48NO3+. The lowest BCUT2D eigenvalue weighted by atomic mass is 10.0. The summed E-state index contributed by atoms with van der Waals surface area (Å²) in [5.41, 5.74) is 2.59. The number of benzene rings is 2. The normalized spacial score (nSPS) is 13.3. The van der Waals surface area contributed by atoms with Crippen LogP contribution in [0.2, 0.25) is 0 Å². The quantitative estimate of drug-likeness (QED) is 0.136. The fourth-order valence-electron chi connectivity index (χ4n) is 4.59. The molecule has 2 unspecified atom stereocenters. The minimum absolute atomic E-state index is 0.137. The van der Waals surface area contributed by atoms with Crippen LogP contribution in [-0.4, -0.2) is 43.8 Å². The smallest absolute Gasteiger partial charge is 0.314 e. The minimum Gasteiger partial charge on any atom is -0.487 e. The molecule has 0 radical (unpaired) electrons. The van der Waals surface area contributed by atoms with E-state index in [2.05, 4.69) is 70.4 Å². The van der Waals surface area contributed by atoms with Crippen molar-refractivity contribution in [1.29, 1.82) is 0 Å². The fraction of sp³-hybridized carbons (Fsp3) is 0.581. The Kier molecular flexibility index (Phi) is 12.9. The Morgan fingerprint density at radius 3 is 2.29 bits per heavy atom. The van der Waals surface area contributed by atoms with E-state index in [1.807, 2.05) is 19.1 Å². The zero-order valence-corrected chi connectivity index (χ0v) is 22.8. The highest BCUT2D eigenvalue weighted by Gasteiger charge is 2.26. The fourth-order valence-corrected chi connectivity index (χ4v) is 4.59. The number of carbonyl (C=O) groups is 1. The van der Waals surface area contributed by atoms with Crippen molar-refractivity contribution in [2.45, 2.75) is 84.8 Å². The third-order valence-corrected chi connectivity index (χ3v) is 6.51. The largest absolute Gasteiger partial charge is 0.487 e. The lowest BCUT2D eigenvalue weighted by Gasteiger charge is -2.32. The first-order valence-electron chi connectivity index (χ1n) is 13.6. The SMILES string of the molecule is CCCCCCCCc1cccc(OC(CC)COC(=O)C(C)C[N+](C)(C)Cc2ccccc2)c1. The number of quaternary nitrogens is 1. The Morgan fingerprint density at radius 2 is 1.57 bits per heavy atom. The molecule has 2 aromatic carbocycles. The van der Waals surface area contributed by atoms with E-state index in [9.17, 15) is 4.79 Å². The summed E-state index contributed by atoms with van der Waals surface area (Å²) in [6.07, 6.45) is 9.56.